The Bertz CT molecular complexity index is 750. The van der Waals surface area contributed by atoms with Crippen molar-refractivity contribution in [3.05, 3.63) is 59.4 Å². The Hall–Kier alpha value is -2.18. The molecule has 1 aromatic carbocycles. The third kappa shape index (κ3) is 3.78. The summed E-state index contributed by atoms with van der Waals surface area (Å²) < 4.78 is 1.94. The molecule has 2 aromatic heterocycles. The van der Waals surface area contributed by atoms with Gasteiger partial charge in [0, 0.05) is 24.3 Å². The summed E-state index contributed by atoms with van der Waals surface area (Å²) in [6.45, 7) is 0.581. The number of rotatable bonds is 6. The van der Waals surface area contributed by atoms with E-state index in [4.69, 9.17) is 0 Å². The number of hydrogen-bond donors (Lipinski definition) is 1. The highest BCUT2D eigenvalue weighted by Crippen LogP contribution is 2.17. The van der Waals surface area contributed by atoms with Crippen LogP contribution in [0.1, 0.15) is 17.3 Å². The maximum absolute atomic E-state index is 12.2. The van der Waals surface area contributed by atoms with Crippen LogP contribution in [0.3, 0.4) is 0 Å². The molecular formula is C17H20N4OS. The highest BCUT2D eigenvalue weighted by Gasteiger charge is 2.15. The van der Waals surface area contributed by atoms with Gasteiger partial charge in [0.2, 0.25) is 5.91 Å². The van der Waals surface area contributed by atoms with Crippen LogP contribution in [0, 0.1) is 0 Å². The zero-order chi connectivity index (χ0) is 16.2. The highest BCUT2D eigenvalue weighted by atomic mass is 32.1. The molecule has 3 rings (SSSR count). The van der Waals surface area contributed by atoms with E-state index in [-0.39, 0.29) is 11.9 Å². The molecule has 0 aliphatic carbocycles. The number of imidazole rings is 1. The normalized spacial score (nSPS) is 12.7. The lowest BCUT2D eigenvalue weighted by Gasteiger charge is -2.25. The number of nitrogens with zero attached hydrogens (tertiary/aromatic N) is 3. The maximum atomic E-state index is 12.2. The summed E-state index contributed by atoms with van der Waals surface area (Å²) in [6, 6.07) is 10.4. The molecule has 120 valence electrons. The third-order valence-corrected chi connectivity index (χ3v) is 4.56. The largest absolute Gasteiger partial charge is 0.354 e. The van der Waals surface area contributed by atoms with Crippen LogP contribution in [-0.4, -0.2) is 40.8 Å². The van der Waals surface area contributed by atoms with Crippen molar-refractivity contribution in [2.45, 2.75) is 12.5 Å². The average Bonchev–Trinajstić information content (AvgIpc) is 3.09. The summed E-state index contributed by atoms with van der Waals surface area (Å²) in [6.07, 6.45) is 4.17. The summed E-state index contributed by atoms with van der Waals surface area (Å²) in [4.78, 5) is 19.7. The molecule has 1 atom stereocenters. The number of nitrogens with one attached hydrogen (secondary N) is 1. The fraction of sp³-hybridized carbons (Fsp3) is 0.294. The summed E-state index contributed by atoms with van der Waals surface area (Å²) in [5, 5.41) is 5.00. The Kier molecular flexibility index (Phi) is 4.73. The van der Waals surface area contributed by atoms with Gasteiger partial charge in [0.05, 0.1) is 18.2 Å². The van der Waals surface area contributed by atoms with Gasteiger partial charge in [-0.05, 0) is 19.7 Å². The van der Waals surface area contributed by atoms with Crippen LogP contribution in [0.5, 0.6) is 0 Å². The Morgan fingerprint density at radius 3 is 2.83 bits per heavy atom. The van der Waals surface area contributed by atoms with Gasteiger partial charge in [0.1, 0.15) is 0 Å². The average molecular weight is 328 g/mol. The zero-order valence-electron chi connectivity index (χ0n) is 13.3. The lowest BCUT2D eigenvalue weighted by Crippen LogP contribution is -2.35. The number of hydrogen-bond acceptors (Lipinski definition) is 4. The van der Waals surface area contributed by atoms with Gasteiger partial charge < -0.3 is 10.2 Å². The molecule has 2 heterocycles. The Morgan fingerprint density at radius 1 is 1.35 bits per heavy atom. The Balaban J connectivity index is 1.59. The third-order valence-electron chi connectivity index (χ3n) is 3.79. The number of benzene rings is 1. The van der Waals surface area contributed by atoms with Crippen molar-refractivity contribution in [3.63, 3.8) is 0 Å². The molecule has 6 heteroatoms. The van der Waals surface area contributed by atoms with Crippen LogP contribution in [-0.2, 0) is 11.2 Å². The number of thiazole rings is 1. The summed E-state index contributed by atoms with van der Waals surface area (Å²) >= 11 is 1.57. The minimum Gasteiger partial charge on any atom is -0.354 e. The van der Waals surface area contributed by atoms with Gasteiger partial charge in [-0.25, -0.2) is 4.98 Å². The van der Waals surface area contributed by atoms with Crippen LogP contribution < -0.4 is 5.32 Å². The molecule has 0 aliphatic heterocycles. The minimum atomic E-state index is -0.00136. The fourth-order valence-electron chi connectivity index (χ4n) is 2.57. The molecule has 1 N–H and O–H groups in total. The molecule has 0 saturated heterocycles. The number of carbonyl (C=O) groups is 1. The highest BCUT2D eigenvalue weighted by molar-refractivity contribution is 7.15. The molecule has 0 radical (unpaired) electrons. The fourth-order valence-corrected chi connectivity index (χ4v) is 3.29. The van der Waals surface area contributed by atoms with Gasteiger partial charge in [0.15, 0.2) is 4.96 Å². The first kappa shape index (κ1) is 15.7. The molecule has 0 saturated carbocycles. The number of carbonyl (C=O) groups excluding carboxylic acids is 1. The number of fused-ring (bicyclic) bond motifs is 1. The van der Waals surface area contributed by atoms with E-state index in [0.29, 0.717) is 13.0 Å². The zero-order valence-corrected chi connectivity index (χ0v) is 14.1. The SMILES string of the molecule is CN(C)C(CNC(=O)Cc1cn2ccsc2n1)c1ccccc1. The van der Waals surface area contributed by atoms with Crippen molar-refractivity contribution in [2.75, 3.05) is 20.6 Å². The second kappa shape index (κ2) is 6.93. The van der Waals surface area contributed by atoms with E-state index in [0.717, 1.165) is 10.7 Å². The van der Waals surface area contributed by atoms with Crippen LogP contribution in [0.25, 0.3) is 4.96 Å². The van der Waals surface area contributed by atoms with Crippen LogP contribution in [0.4, 0.5) is 0 Å². The standard InChI is InChI=1S/C17H20N4OS/c1-20(2)15(13-6-4-3-5-7-13)11-18-16(22)10-14-12-21-8-9-23-17(21)19-14/h3-9,12,15H,10-11H2,1-2H3,(H,18,22). The molecule has 0 bridgehead atoms. The molecule has 0 fully saturated rings. The van der Waals surface area contributed by atoms with E-state index in [1.807, 2.05) is 54.5 Å². The monoisotopic (exact) mass is 328 g/mol. The van der Waals surface area contributed by atoms with Gasteiger partial charge in [-0.3, -0.25) is 9.20 Å². The first-order valence-corrected chi connectivity index (χ1v) is 8.40. The van der Waals surface area contributed by atoms with Gasteiger partial charge in [-0.1, -0.05) is 30.3 Å². The van der Waals surface area contributed by atoms with Crippen molar-refractivity contribution in [2.24, 2.45) is 0 Å². The van der Waals surface area contributed by atoms with Gasteiger partial charge in [-0.15, -0.1) is 11.3 Å². The van der Waals surface area contributed by atoms with Gasteiger partial charge in [0.25, 0.3) is 0 Å². The topological polar surface area (TPSA) is 49.6 Å². The molecular weight excluding hydrogens is 308 g/mol. The molecule has 23 heavy (non-hydrogen) atoms. The summed E-state index contributed by atoms with van der Waals surface area (Å²) in [5.41, 5.74) is 2.00. The molecule has 0 aliphatic rings. The summed E-state index contributed by atoms with van der Waals surface area (Å²) in [7, 11) is 4.04. The minimum absolute atomic E-state index is 0.00136. The maximum Gasteiger partial charge on any atom is 0.226 e. The van der Waals surface area contributed by atoms with Crippen molar-refractivity contribution in [1.29, 1.82) is 0 Å². The van der Waals surface area contributed by atoms with Crippen molar-refractivity contribution in [3.8, 4) is 0 Å². The molecule has 0 spiro atoms. The Labute approximate surface area is 139 Å². The first-order chi connectivity index (χ1) is 11.1. The number of aromatic nitrogens is 2. The lowest BCUT2D eigenvalue weighted by molar-refractivity contribution is -0.120. The van der Waals surface area contributed by atoms with E-state index in [9.17, 15) is 4.79 Å². The molecule has 5 nitrogen and oxygen atoms in total. The van der Waals surface area contributed by atoms with E-state index >= 15 is 0 Å². The molecule has 3 aromatic rings. The number of amides is 1. The van der Waals surface area contributed by atoms with Crippen molar-refractivity contribution in [1.82, 2.24) is 19.6 Å². The van der Waals surface area contributed by atoms with Crippen LogP contribution in [0.2, 0.25) is 0 Å². The lowest BCUT2D eigenvalue weighted by atomic mass is 10.1. The first-order valence-electron chi connectivity index (χ1n) is 7.52. The van der Waals surface area contributed by atoms with Crippen LogP contribution in [0.15, 0.2) is 48.1 Å². The quantitative estimate of drug-likeness (QED) is 0.756. The van der Waals surface area contributed by atoms with Crippen molar-refractivity contribution < 1.29 is 4.79 Å². The molecule has 1 amide bonds. The van der Waals surface area contributed by atoms with E-state index in [2.05, 4.69) is 27.3 Å². The second-order valence-corrected chi connectivity index (χ2v) is 6.57. The van der Waals surface area contributed by atoms with Crippen molar-refractivity contribution >= 4 is 22.2 Å². The molecule has 1 unspecified atom stereocenters. The Morgan fingerprint density at radius 2 is 2.13 bits per heavy atom. The van der Waals surface area contributed by atoms with E-state index < -0.39 is 0 Å². The smallest absolute Gasteiger partial charge is 0.226 e. The summed E-state index contributed by atoms with van der Waals surface area (Å²) in [5.74, 6) is -0.00136. The van der Waals surface area contributed by atoms with Crippen LogP contribution >= 0.6 is 11.3 Å². The second-order valence-electron chi connectivity index (χ2n) is 5.70. The predicted octanol–water partition coefficient (Wildman–Crippen LogP) is 2.36. The van der Waals surface area contributed by atoms with Gasteiger partial charge >= 0.3 is 0 Å². The number of likely N-dealkylation sites (N-methyl/N-ethyl adjacent to an activating group) is 1. The van der Waals surface area contributed by atoms with E-state index in [1.165, 1.54) is 5.56 Å². The predicted molar refractivity (Wildman–Crippen MR) is 92.7 cm³/mol. The van der Waals surface area contributed by atoms with E-state index in [1.54, 1.807) is 11.3 Å². The van der Waals surface area contributed by atoms with Gasteiger partial charge in [-0.2, -0.15) is 0 Å².